The number of hydrogen-bond donors (Lipinski definition) is 2. The molecule has 0 spiro atoms. The lowest BCUT2D eigenvalue weighted by Crippen LogP contribution is -2.13. The summed E-state index contributed by atoms with van der Waals surface area (Å²) in [5.41, 5.74) is 0.0463. The van der Waals surface area contributed by atoms with Gasteiger partial charge in [-0.3, -0.25) is 10.1 Å². The van der Waals surface area contributed by atoms with Crippen molar-refractivity contribution in [3.8, 4) is 5.75 Å². The molecule has 0 saturated heterocycles. The fraction of sp³-hybridized carbons (Fsp3) is 0.111. The van der Waals surface area contributed by atoms with Crippen LogP contribution in [0.1, 0.15) is 10.4 Å². The molecule has 0 fully saturated rings. The van der Waals surface area contributed by atoms with E-state index in [9.17, 15) is 9.90 Å². The molecule has 88 valence electrons. The molecular formula is C9H8ClN5O2. The average Bonchev–Trinajstić information content (AvgIpc) is 2.67. The van der Waals surface area contributed by atoms with E-state index in [1.807, 2.05) is 0 Å². The van der Waals surface area contributed by atoms with Gasteiger partial charge in [0.2, 0.25) is 0 Å². The second kappa shape index (κ2) is 4.38. The standard InChI is InChI=1S/C9H8ClN5O2/c1-15-13-9(12-14-15)11-8(17)6-4-5(10)2-3-7(6)16/h2-4,16H,1H3,(H,11,13,17). The number of nitrogens with one attached hydrogen (secondary N) is 1. The summed E-state index contributed by atoms with van der Waals surface area (Å²) in [5, 5.41) is 23.2. The summed E-state index contributed by atoms with van der Waals surface area (Å²) < 4.78 is 0. The SMILES string of the molecule is Cn1nnc(NC(=O)c2cc(Cl)ccc2O)n1. The van der Waals surface area contributed by atoms with Crippen LogP contribution in [0.15, 0.2) is 18.2 Å². The molecule has 0 bridgehead atoms. The Morgan fingerprint density at radius 1 is 1.53 bits per heavy atom. The minimum atomic E-state index is -0.557. The van der Waals surface area contributed by atoms with Crippen LogP contribution in [-0.2, 0) is 7.05 Å². The van der Waals surface area contributed by atoms with Gasteiger partial charge in [-0.25, -0.2) is 0 Å². The molecule has 0 aliphatic heterocycles. The third-order valence-electron chi connectivity index (χ3n) is 1.94. The van der Waals surface area contributed by atoms with Crippen molar-refractivity contribution >= 4 is 23.5 Å². The minimum Gasteiger partial charge on any atom is -0.507 e. The van der Waals surface area contributed by atoms with Gasteiger partial charge in [-0.15, -0.1) is 5.10 Å². The highest BCUT2D eigenvalue weighted by molar-refractivity contribution is 6.31. The number of tetrazole rings is 1. The Hall–Kier alpha value is -2.15. The number of carbonyl (C=O) groups excluding carboxylic acids is 1. The van der Waals surface area contributed by atoms with E-state index >= 15 is 0 Å². The van der Waals surface area contributed by atoms with Crippen LogP contribution in [-0.4, -0.2) is 31.2 Å². The molecule has 0 aliphatic rings. The highest BCUT2D eigenvalue weighted by Gasteiger charge is 2.13. The lowest BCUT2D eigenvalue weighted by Gasteiger charge is -2.03. The largest absolute Gasteiger partial charge is 0.507 e. The summed E-state index contributed by atoms with van der Waals surface area (Å²) in [5.74, 6) is -0.675. The van der Waals surface area contributed by atoms with E-state index in [-0.39, 0.29) is 17.3 Å². The van der Waals surface area contributed by atoms with Gasteiger partial charge < -0.3 is 5.11 Å². The molecule has 2 N–H and O–H groups in total. The number of halogens is 1. The highest BCUT2D eigenvalue weighted by Crippen LogP contribution is 2.21. The topological polar surface area (TPSA) is 92.9 Å². The molecule has 0 radical (unpaired) electrons. The van der Waals surface area contributed by atoms with E-state index in [4.69, 9.17) is 11.6 Å². The Bertz CT molecular complexity index is 568. The molecule has 2 rings (SSSR count). The molecule has 1 aromatic carbocycles. The third kappa shape index (κ3) is 2.51. The number of phenols is 1. The van der Waals surface area contributed by atoms with Crippen molar-refractivity contribution in [3.05, 3.63) is 28.8 Å². The first-order valence-electron chi connectivity index (χ1n) is 4.60. The maximum absolute atomic E-state index is 11.7. The number of phenolic OH excluding ortho intramolecular Hbond substituents is 1. The van der Waals surface area contributed by atoms with Crippen molar-refractivity contribution < 1.29 is 9.90 Å². The van der Waals surface area contributed by atoms with Gasteiger partial charge in [-0.05, 0) is 23.4 Å². The number of aromatic hydroxyl groups is 1. The summed E-state index contributed by atoms with van der Waals surface area (Å²) in [6.07, 6.45) is 0. The van der Waals surface area contributed by atoms with Crippen molar-refractivity contribution in [1.82, 2.24) is 20.2 Å². The quantitative estimate of drug-likeness (QED) is 0.827. The highest BCUT2D eigenvalue weighted by atomic mass is 35.5. The Balaban J connectivity index is 2.22. The average molecular weight is 254 g/mol. The zero-order chi connectivity index (χ0) is 12.4. The summed E-state index contributed by atoms with van der Waals surface area (Å²) in [6.45, 7) is 0. The molecule has 7 nitrogen and oxygen atoms in total. The summed E-state index contributed by atoms with van der Waals surface area (Å²) >= 11 is 5.73. The molecule has 0 saturated carbocycles. The second-order valence-corrected chi connectivity index (χ2v) is 3.65. The summed E-state index contributed by atoms with van der Waals surface area (Å²) in [7, 11) is 1.57. The number of rotatable bonds is 2. The van der Waals surface area contributed by atoms with Gasteiger partial charge in [-0.1, -0.05) is 16.7 Å². The number of aryl methyl sites for hydroxylation is 1. The van der Waals surface area contributed by atoms with Crippen molar-refractivity contribution in [2.75, 3.05) is 5.32 Å². The number of benzene rings is 1. The van der Waals surface area contributed by atoms with Gasteiger partial charge >= 0.3 is 0 Å². The molecule has 1 amide bonds. The van der Waals surface area contributed by atoms with Crippen LogP contribution in [0, 0.1) is 0 Å². The predicted octanol–water partition coefficient (Wildman–Crippen LogP) is 0.821. The number of hydrogen-bond acceptors (Lipinski definition) is 5. The van der Waals surface area contributed by atoms with Gasteiger partial charge in [0, 0.05) is 5.02 Å². The summed E-state index contributed by atoms with van der Waals surface area (Å²) in [4.78, 5) is 13.0. The molecule has 1 aromatic heterocycles. The van der Waals surface area contributed by atoms with Crippen LogP contribution in [0.5, 0.6) is 5.75 Å². The Labute approximate surface area is 101 Å². The molecule has 17 heavy (non-hydrogen) atoms. The van der Waals surface area contributed by atoms with Crippen molar-refractivity contribution in [1.29, 1.82) is 0 Å². The van der Waals surface area contributed by atoms with Gasteiger partial charge in [-0.2, -0.15) is 4.80 Å². The predicted molar refractivity (Wildman–Crippen MR) is 59.9 cm³/mol. The lowest BCUT2D eigenvalue weighted by molar-refractivity contribution is 0.102. The normalized spacial score (nSPS) is 10.2. The Kier molecular flexibility index (Phi) is 2.92. The smallest absolute Gasteiger partial charge is 0.270 e. The van der Waals surface area contributed by atoms with Crippen molar-refractivity contribution in [3.63, 3.8) is 0 Å². The monoisotopic (exact) mass is 253 g/mol. The van der Waals surface area contributed by atoms with E-state index in [1.54, 1.807) is 7.05 Å². The maximum atomic E-state index is 11.7. The van der Waals surface area contributed by atoms with Gasteiger partial charge in [0.15, 0.2) is 0 Å². The first-order chi connectivity index (χ1) is 8.06. The third-order valence-corrected chi connectivity index (χ3v) is 2.17. The number of aromatic nitrogens is 4. The van der Waals surface area contributed by atoms with Gasteiger partial charge in [0.1, 0.15) is 5.75 Å². The first kappa shape index (κ1) is 11.3. The van der Waals surface area contributed by atoms with E-state index in [2.05, 4.69) is 20.7 Å². The van der Waals surface area contributed by atoms with Crippen LogP contribution < -0.4 is 5.32 Å². The maximum Gasteiger partial charge on any atom is 0.270 e. The van der Waals surface area contributed by atoms with E-state index < -0.39 is 5.91 Å². The molecule has 2 aromatic rings. The van der Waals surface area contributed by atoms with E-state index in [0.717, 1.165) is 0 Å². The fourth-order valence-electron chi connectivity index (χ4n) is 1.19. The van der Waals surface area contributed by atoms with E-state index in [0.29, 0.717) is 5.02 Å². The zero-order valence-electron chi connectivity index (χ0n) is 8.75. The Morgan fingerprint density at radius 2 is 2.29 bits per heavy atom. The second-order valence-electron chi connectivity index (χ2n) is 3.22. The molecule has 0 unspecified atom stereocenters. The van der Waals surface area contributed by atoms with Crippen molar-refractivity contribution in [2.24, 2.45) is 7.05 Å². The lowest BCUT2D eigenvalue weighted by atomic mass is 10.2. The summed E-state index contributed by atoms with van der Waals surface area (Å²) in [6, 6.07) is 4.16. The number of carbonyl (C=O) groups is 1. The fourth-order valence-corrected chi connectivity index (χ4v) is 1.37. The van der Waals surface area contributed by atoms with Crippen LogP contribution in [0.25, 0.3) is 0 Å². The van der Waals surface area contributed by atoms with Crippen LogP contribution >= 0.6 is 11.6 Å². The number of amides is 1. The van der Waals surface area contributed by atoms with Crippen molar-refractivity contribution in [2.45, 2.75) is 0 Å². The number of anilines is 1. The van der Waals surface area contributed by atoms with Crippen LogP contribution in [0.2, 0.25) is 5.02 Å². The van der Waals surface area contributed by atoms with Gasteiger partial charge in [0.25, 0.3) is 11.9 Å². The minimum absolute atomic E-state index is 0.0463. The Morgan fingerprint density at radius 3 is 2.94 bits per heavy atom. The van der Waals surface area contributed by atoms with E-state index in [1.165, 1.54) is 23.0 Å². The zero-order valence-corrected chi connectivity index (χ0v) is 9.51. The van der Waals surface area contributed by atoms with Crippen LogP contribution in [0.4, 0.5) is 5.95 Å². The van der Waals surface area contributed by atoms with Crippen LogP contribution in [0.3, 0.4) is 0 Å². The number of nitrogens with zero attached hydrogens (tertiary/aromatic N) is 4. The molecule has 1 heterocycles. The first-order valence-corrected chi connectivity index (χ1v) is 4.98. The molecule has 0 atom stereocenters. The molecular weight excluding hydrogens is 246 g/mol. The molecule has 0 aliphatic carbocycles. The molecule has 8 heteroatoms. The van der Waals surface area contributed by atoms with Gasteiger partial charge in [0.05, 0.1) is 12.6 Å².